The van der Waals surface area contributed by atoms with Gasteiger partial charge < -0.3 is 19.7 Å². The zero-order valence-corrected chi connectivity index (χ0v) is 15.7. The number of benzene rings is 2. The second-order valence-corrected chi connectivity index (χ2v) is 6.45. The van der Waals surface area contributed by atoms with Gasteiger partial charge in [-0.05, 0) is 30.2 Å². The van der Waals surface area contributed by atoms with Crippen LogP contribution in [-0.4, -0.2) is 32.6 Å². The Morgan fingerprint density at radius 1 is 1.11 bits per heavy atom. The number of carbonyl (C=O) groups is 2. The standard InChI is InChI=1S/C21H24N2O4/c1-26-18-10-7-16(19(13-18)27-2)12-20(24)22-14-15-5-8-17(9-6-15)23-11-3-4-21(23)25/h5-10,13H,3-4,11-12,14H2,1-2H3,(H,22,24). The fraction of sp³-hybridized carbons (Fsp3) is 0.333. The first-order chi connectivity index (χ1) is 13.1. The van der Waals surface area contributed by atoms with Gasteiger partial charge in [0.15, 0.2) is 0 Å². The maximum atomic E-state index is 12.3. The molecule has 0 saturated carbocycles. The molecule has 2 amide bonds. The predicted octanol–water partition coefficient (Wildman–Crippen LogP) is 2.69. The van der Waals surface area contributed by atoms with E-state index < -0.39 is 0 Å². The van der Waals surface area contributed by atoms with Gasteiger partial charge in [0.2, 0.25) is 11.8 Å². The molecule has 142 valence electrons. The van der Waals surface area contributed by atoms with E-state index in [0.29, 0.717) is 24.5 Å². The van der Waals surface area contributed by atoms with Crippen LogP contribution in [-0.2, 0) is 22.6 Å². The molecule has 1 N–H and O–H groups in total. The van der Waals surface area contributed by atoms with Gasteiger partial charge in [-0.1, -0.05) is 18.2 Å². The Bertz CT molecular complexity index is 817. The molecule has 2 aromatic carbocycles. The molecule has 2 aromatic rings. The summed E-state index contributed by atoms with van der Waals surface area (Å²) in [6.07, 6.45) is 1.76. The Morgan fingerprint density at radius 2 is 1.89 bits per heavy atom. The summed E-state index contributed by atoms with van der Waals surface area (Å²) in [6, 6.07) is 13.1. The van der Waals surface area contributed by atoms with Crippen LogP contribution < -0.4 is 19.7 Å². The van der Waals surface area contributed by atoms with Gasteiger partial charge in [0, 0.05) is 36.8 Å². The van der Waals surface area contributed by atoms with Crippen molar-refractivity contribution in [1.29, 1.82) is 0 Å². The van der Waals surface area contributed by atoms with E-state index in [1.165, 1.54) is 0 Å². The van der Waals surface area contributed by atoms with Crippen LogP contribution in [0.1, 0.15) is 24.0 Å². The van der Waals surface area contributed by atoms with Gasteiger partial charge in [-0.25, -0.2) is 0 Å². The molecule has 0 spiro atoms. The van der Waals surface area contributed by atoms with Gasteiger partial charge in [-0.15, -0.1) is 0 Å². The van der Waals surface area contributed by atoms with E-state index in [9.17, 15) is 9.59 Å². The predicted molar refractivity (Wildman–Crippen MR) is 103 cm³/mol. The zero-order valence-electron chi connectivity index (χ0n) is 15.7. The quantitative estimate of drug-likeness (QED) is 0.816. The van der Waals surface area contributed by atoms with Crippen LogP contribution in [0.2, 0.25) is 0 Å². The summed E-state index contributed by atoms with van der Waals surface area (Å²) >= 11 is 0. The van der Waals surface area contributed by atoms with Crippen LogP contribution in [0.25, 0.3) is 0 Å². The molecule has 0 atom stereocenters. The van der Waals surface area contributed by atoms with Crippen LogP contribution in [0.3, 0.4) is 0 Å². The molecule has 6 heteroatoms. The molecular formula is C21H24N2O4. The third-order valence-corrected chi connectivity index (χ3v) is 4.66. The minimum absolute atomic E-state index is 0.0859. The highest BCUT2D eigenvalue weighted by molar-refractivity contribution is 5.95. The third-order valence-electron chi connectivity index (χ3n) is 4.66. The zero-order chi connectivity index (χ0) is 19.2. The van der Waals surface area contributed by atoms with Crippen molar-refractivity contribution >= 4 is 17.5 Å². The van der Waals surface area contributed by atoms with E-state index in [1.807, 2.05) is 36.4 Å². The highest BCUT2D eigenvalue weighted by atomic mass is 16.5. The third kappa shape index (κ3) is 4.58. The van der Waals surface area contributed by atoms with E-state index in [-0.39, 0.29) is 18.2 Å². The maximum absolute atomic E-state index is 12.3. The molecule has 1 aliphatic heterocycles. The first-order valence-electron chi connectivity index (χ1n) is 8.97. The molecule has 0 unspecified atom stereocenters. The number of nitrogens with zero attached hydrogens (tertiary/aromatic N) is 1. The minimum atomic E-state index is -0.0859. The lowest BCUT2D eigenvalue weighted by Gasteiger charge is -2.16. The van der Waals surface area contributed by atoms with Gasteiger partial charge in [-0.3, -0.25) is 9.59 Å². The summed E-state index contributed by atoms with van der Waals surface area (Å²) in [4.78, 5) is 25.9. The fourth-order valence-corrected chi connectivity index (χ4v) is 3.15. The van der Waals surface area contributed by atoms with E-state index >= 15 is 0 Å². The molecule has 1 saturated heterocycles. The monoisotopic (exact) mass is 368 g/mol. The van der Waals surface area contributed by atoms with Gasteiger partial charge in [-0.2, -0.15) is 0 Å². The van der Waals surface area contributed by atoms with Crippen LogP contribution in [0.4, 0.5) is 5.69 Å². The SMILES string of the molecule is COc1ccc(CC(=O)NCc2ccc(N3CCCC3=O)cc2)c(OC)c1. The lowest BCUT2D eigenvalue weighted by atomic mass is 10.1. The van der Waals surface area contributed by atoms with Crippen molar-refractivity contribution in [1.82, 2.24) is 5.32 Å². The van der Waals surface area contributed by atoms with E-state index in [2.05, 4.69) is 5.32 Å². The van der Waals surface area contributed by atoms with Gasteiger partial charge >= 0.3 is 0 Å². The Hall–Kier alpha value is -3.02. The van der Waals surface area contributed by atoms with Crippen molar-refractivity contribution in [2.45, 2.75) is 25.8 Å². The number of carbonyl (C=O) groups excluding carboxylic acids is 2. The molecule has 3 rings (SSSR count). The lowest BCUT2D eigenvalue weighted by molar-refractivity contribution is -0.120. The summed E-state index contributed by atoms with van der Waals surface area (Å²) in [5, 5.41) is 2.92. The van der Waals surface area contributed by atoms with E-state index in [0.717, 1.165) is 29.8 Å². The Morgan fingerprint density at radius 3 is 2.52 bits per heavy atom. The molecule has 0 aromatic heterocycles. The largest absolute Gasteiger partial charge is 0.497 e. The number of hydrogen-bond donors (Lipinski definition) is 1. The van der Waals surface area contributed by atoms with Gasteiger partial charge in [0.25, 0.3) is 0 Å². The summed E-state index contributed by atoms with van der Waals surface area (Å²) in [5.41, 5.74) is 2.70. The van der Waals surface area contributed by atoms with Crippen LogP contribution in [0, 0.1) is 0 Å². The van der Waals surface area contributed by atoms with Crippen LogP contribution >= 0.6 is 0 Å². The topological polar surface area (TPSA) is 67.9 Å². The van der Waals surface area contributed by atoms with Gasteiger partial charge in [0.1, 0.15) is 11.5 Å². The summed E-state index contributed by atoms with van der Waals surface area (Å²) in [5.74, 6) is 1.40. The smallest absolute Gasteiger partial charge is 0.227 e. The number of nitrogens with one attached hydrogen (secondary N) is 1. The Labute approximate surface area is 159 Å². The second-order valence-electron chi connectivity index (χ2n) is 6.45. The van der Waals surface area contributed by atoms with Crippen molar-refractivity contribution < 1.29 is 19.1 Å². The average molecular weight is 368 g/mol. The van der Waals surface area contributed by atoms with Crippen molar-refractivity contribution in [2.24, 2.45) is 0 Å². The number of rotatable bonds is 7. The molecule has 0 aliphatic carbocycles. The number of hydrogen-bond acceptors (Lipinski definition) is 4. The first kappa shape index (κ1) is 18.8. The number of anilines is 1. The van der Waals surface area contributed by atoms with Crippen LogP contribution in [0.15, 0.2) is 42.5 Å². The number of ether oxygens (including phenoxy) is 2. The molecule has 0 bridgehead atoms. The van der Waals surface area contributed by atoms with E-state index in [1.54, 1.807) is 25.2 Å². The normalized spacial score (nSPS) is 13.6. The highest BCUT2D eigenvalue weighted by Crippen LogP contribution is 2.25. The second kappa shape index (κ2) is 8.58. The average Bonchev–Trinajstić information content (AvgIpc) is 3.13. The van der Waals surface area contributed by atoms with Crippen molar-refractivity contribution in [3.05, 3.63) is 53.6 Å². The first-order valence-corrected chi connectivity index (χ1v) is 8.97. The molecule has 6 nitrogen and oxygen atoms in total. The van der Waals surface area contributed by atoms with Crippen LogP contribution in [0.5, 0.6) is 11.5 Å². The van der Waals surface area contributed by atoms with E-state index in [4.69, 9.17) is 9.47 Å². The summed E-state index contributed by atoms with van der Waals surface area (Å²) in [6.45, 7) is 1.21. The molecule has 1 fully saturated rings. The Kier molecular flexibility index (Phi) is 5.96. The summed E-state index contributed by atoms with van der Waals surface area (Å²) < 4.78 is 10.5. The molecule has 0 radical (unpaired) electrons. The maximum Gasteiger partial charge on any atom is 0.227 e. The minimum Gasteiger partial charge on any atom is -0.497 e. The molecule has 1 aliphatic rings. The molecular weight excluding hydrogens is 344 g/mol. The Balaban J connectivity index is 1.55. The highest BCUT2D eigenvalue weighted by Gasteiger charge is 2.21. The van der Waals surface area contributed by atoms with Crippen molar-refractivity contribution in [3.8, 4) is 11.5 Å². The van der Waals surface area contributed by atoms with Gasteiger partial charge in [0.05, 0.1) is 20.6 Å². The number of amides is 2. The molecule has 1 heterocycles. The number of methoxy groups -OCH3 is 2. The summed E-state index contributed by atoms with van der Waals surface area (Å²) in [7, 11) is 3.16. The van der Waals surface area contributed by atoms with Crippen molar-refractivity contribution in [2.75, 3.05) is 25.7 Å². The lowest BCUT2D eigenvalue weighted by Crippen LogP contribution is -2.25. The molecule has 27 heavy (non-hydrogen) atoms. The fourth-order valence-electron chi connectivity index (χ4n) is 3.15. The van der Waals surface area contributed by atoms with Crippen molar-refractivity contribution in [3.63, 3.8) is 0 Å².